The SMILES string of the molecule is CN(C(=O)C(c1ccccc1)C(F)(F)F)[C@@H]1CCCC[C@H]1N1CCCC1.Cl. The molecule has 3 atom stereocenters. The number of carbonyl (C=O) groups is 1. The van der Waals surface area contributed by atoms with Crippen LogP contribution in [-0.2, 0) is 4.79 Å². The lowest BCUT2D eigenvalue weighted by Crippen LogP contribution is -2.55. The van der Waals surface area contributed by atoms with Crippen LogP contribution in [0.25, 0.3) is 0 Å². The largest absolute Gasteiger partial charge is 0.404 e. The number of rotatable bonds is 4. The van der Waals surface area contributed by atoms with Gasteiger partial charge in [0.25, 0.3) is 0 Å². The van der Waals surface area contributed by atoms with Crippen LogP contribution >= 0.6 is 12.4 Å². The number of likely N-dealkylation sites (N-methyl/N-ethyl adjacent to an activating group) is 1. The summed E-state index contributed by atoms with van der Waals surface area (Å²) in [5.74, 6) is -2.92. The minimum atomic E-state index is -4.59. The van der Waals surface area contributed by atoms with Crippen LogP contribution in [0, 0.1) is 0 Å². The Hall–Kier alpha value is -1.27. The second-order valence-corrected chi connectivity index (χ2v) is 7.50. The normalized spacial score (nSPS) is 24.9. The summed E-state index contributed by atoms with van der Waals surface area (Å²) < 4.78 is 41.2. The Morgan fingerprint density at radius 3 is 2.26 bits per heavy atom. The molecule has 0 aromatic heterocycles. The molecule has 27 heavy (non-hydrogen) atoms. The van der Waals surface area contributed by atoms with Crippen molar-refractivity contribution in [3.05, 3.63) is 35.9 Å². The van der Waals surface area contributed by atoms with Gasteiger partial charge in [-0.05, 0) is 44.3 Å². The number of alkyl halides is 3. The monoisotopic (exact) mass is 404 g/mol. The lowest BCUT2D eigenvalue weighted by Gasteiger charge is -2.43. The Balaban J connectivity index is 0.00000261. The first-order chi connectivity index (χ1) is 12.4. The third-order valence-corrected chi connectivity index (χ3v) is 5.86. The minimum Gasteiger partial charge on any atom is -0.340 e. The summed E-state index contributed by atoms with van der Waals surface area (Å²) in [6.45, 7) is 1.98. The number of hydrogen-bond donors (Lipinski definition) is 0. The molecule has 1 aliphatic carbocycles. The number of nitrogens with zero attached hydrogens (tertiary/aromatic N) is 2. The smallest absolute Gasteiger partial charge is 0.340 e. The number of likely N-dealkylation sites (tertiary alicyclic amines) is 1. The van der Waals surface area contributed by atoms with Crippen LogP contribution in [0.4, 0.5) is 13.2 Å². The van der Waals surface area contributed by atoms with Crippen LogP contribution in [0.3, 0.4) is 0 Å². The summed E-state index contributed by atoms with van der Waals surface area (Å²) in [6, 6.07) is 7.60. The fraction of sp³-hybridized carbons (Fsp3) is 0.650. The average Bonchev–Trinajstić information content (AvgIpc) is 3.15. The van der Waals surface area contributed by atoms with Crippen LogP contribution in [0.5, 0.6) is 0 Å². The highest BCUT2D eigenvalue weighted by atomic mass is 35.5. The van der Waals surface area contributed by atoms with Gasteiger partial charge in [0, 0.05) is 19.1 Å². The molecule has 152 valence electrons. The molecule has 3 rings (SSSR count). The summed E-state index contributed by atoms with van der Waals surface area (Å²) in [6.07, 6.45) is 1.47. The zero-order valence-corrected chi connectivity index (χ0v) is 16.4. The van der Waals surface area contributed by atoms with E-state index in [0.29, 0.717) is 0 Å². The average molecular weight is 405 g/mol. The number of benzene rings is 1. The van der Waals surface area contributed by atoms with Crippen molar-refractivity contribution >= 4 is 18.3 Å². The van der Waals surface area contributed by atoms with E-state index < -0.39 is 18.0 Å². The molecule has 1 heterocycles. The Morgan fingerprint density at radius 1 is 1.07 bits per heavy atom. The Morgan fingerprint density at radius 2 is 1.67 bits per heavy atom. The highest BCUT2D eigenvalue weighted by Crippen LogP contribution is 2.38. The van der Waals surface area contributed by atoms with Gasteiger partial charge >= 0.3 is 6.18 Å². The number of carbonyl (C=O) groups excluding carboxylic acids is 1. The van der Waals surface area contributed by atoms with E-state index in [9.17, 15) is 18.0 Å². The summed E-state index contributed by atoms with van der Waals surface area (Å²) in [5.41, 5.74) is 0.0189. The number of halogens is 4. The van der Waals surface area contributed by atoms with Gasteiger partial charge in [-0.25, -0.2) is 0 Å². The molecule has 1 saturated carbocycles. The Kier molecular flexibility index (Phi) is 7.57. The van der Waals surface area contributed by atoms with Crippen molar-refractivity contribution in [3.8, 4) is 0 Å². The molecule has 0 radical (unpaired) electrons. The first kappa shape index (κ1) is 22.0. The molecule has 0 spiro atoms. The van der Waals surface area contributed by atoms with Crippen molar-refractivity contribution in [1.82, 2.24) is 9.80 Å². The molecular weight excluding hydrogens is 377 g/mol. The fourth-order valence-electron chi connectivity index (χ4n) is 4.53. The quantitative estimate of drug-likeness (QED) is 0.731. The third-order valence-electron chi connectivity index (χ3n) is 5.86. The van der Waals surface area contributed by atoms with E-state index in [0.717, 1.165) is 51.6 Å². The minimum absolute atomic E-state index is 0. The maximum absolute atomic E-state index is 13.7. The molecule has 1 unspecified atom stereocenters. The molecule has 1 saturated heterocycles. The van der Waals surface area contributed by atoms with Crippen molar-refractivity contribution in [1.29, 1.82) is 0 Å². The zero-order chi connectivity index (χ0) is 18.7. The van der Waals surface area contributed by atoms with E-state index in [1.165, 1.54) is 17.0 Å². The van der Waals surface area contributed by atoms with Gasteiger partial charge in [0.1, 0.15) is 0 Å². The zero-order valence-electron chi connectivity index (χ0n) is 15.6. The van der Waals surface area contributed by atoms with Crippen LogP contribution in [0.1, 0.15) is 50.0 Å². The second-order valence-electron chi connectivity index (χ2n) is 7.50. The van der Waals surface area contributed by atoms with Gasteiger partial charge in [0.2, 0.25) is 5.91 Å². The molecule has 1 aromatic carbocycles. The second kappa shape index (κ2) is 9.28. The summed E-state index contributed by atoms with van der Waals surface area (Å²) in [4.78, 5) is 16.7. The molecule has 2 fully saturated rings. The molecule has 1 aromatic rings. The number of hydrogen-bond acceptors (Lipinski definition) is 2. The van der Waals surface area contributed by atoms with Crippen LogP contribution in [-0.4, -0.2) is 54.1 Å². The van der Waals surface area contributed by atoms with Crippen LogP contribution < -0.4 is 0 Å². The van der Waals surface area contributed by atoms with Gasteiger partial charge < -0.3 is 4.90 Å². The first-order valence-corrected chi connectivity index (χ1v) is 9.52. The molecule has 0 bridgehead atoms. The highest BCUT2D eigenvalue weighted by molar-refractivity contribution is 5.85. The van der Waals surface area contributed by atoms with Gasteiger partial charge in [-0.1, -0.05) is 43.2 Å². The van der Waals surface area contributed by atoms with Crippen molar-refractivity contribution in [3.63, 3.8) is 0 Å². The van der Waals surface area contributed by atoms with Gasteiger partial charge in [0.15, 0.2) is 5.92 Å². The van der Waals surface area contributed by atoms with Crippen LogP contribution in [0.15, 0.2) is 30.3 Å². The summed E-state index contributed by atoms with van der Waals surface area (Å²) in [7, 11) is 1.56. The van der Waals surface area contributed by atoms with Crippen molar-refractivity contribution in [2.24, 2.45) is 0 Å². The molecule has 7 heteroatoms. The predicted octanol–water partition coefficient (Wildman–Crippen LogP) is 4.62. The Labute approximate surface area is 165 Å². The van der Waals surface area contributed by atoms with Gasteiger partial charge in [-0.3, -0.25) is 9.69 Å². The van der Waals surface area contributed by atoms with E-state index in [-0.39, 0.29) is 30.1 Å². The van der Waals surface area contributed by atoms with E-state index in [4.69, 9.17) is 0 Å². The molecule has 1 amide bonds. The maximum atomic E-state index is 13.7. The van der Waals surface area contributed by atoms with E-state index >= 15 is 0 Å². The molecule has 3 nitrogen and oxygen atoms in total. The maximum Gasteiger partial charge on any atom is 0.404 e. The lowest BCUT2D eigenvalue weighted by atomic mass is 9.87. The standard InChI is InChI=1S/C20H27F3N2O.ClH/c1-24(16-11-5-6-12-17(16)25-13-7-8-14-25)19(26)18(20(21,22)23)15-9-3-2-4-10-15;/h2-4,9-10,16-18H,5-8,11-14H2,1H3;1H/t16-,17-,18?;/m1./s1. The van der Waals surface area contributed by atoms with Crippen molar-refractivity contribution in [2.75, 3.05) is 20.1 Å². The number of amides is 1. The van der Waals surface area contributed by atoms with Crippen molar-refractivity contribution < 1.29 is 18.0 Å². The van der Waals surface area contributed by atoms with Crippen LogP contribution in [0.2, 0.25) is 0 Å². The molecule has 0 N–H and O–H groups in total. The highest BCUT2D eigenvalue weighted by Gasteiger charge is 2.49. The third kappa shape index (κ3) is 4.96. The van der Waals surface area contributed by atoms with E-state index in [2.05, 4.69) is 4.90 Å². The van der Waals surface area contributed by atoms with E-state index in [1.54, 1.807) is 25.2 Å². The fourth-order valence-corrected chi connectivity index (χ4v) is 4.53. The predicted molar refractivity (Wildman–Crippen MR) is 102 cm³/mol. The summed E-state index contributed by atoms with van der Waals surface area (Å²) in [5, 5.41) is 0. The Bertz CT molecular complexity index is 605. The topological polar surface area (TPSA) is 23.6 Å². The van der Waals surface area contributed by atoms with Crippen molar-refractivity contribution in [2.45, 2.75) is 62.7 Å². The molecule has 2 aliphatic rings. The molecular formula is C20H28ClF3N2O. The van der Waals surface area contributed by atoms with Gasteiger partial charge in [-0.2, -0.15) is 13.2 Å². The van der Waals surface area contributed by atoms with E-state index in [1.807, 2.05) is 0 Å². The lowest BCUT2D eigenvalue weighted by molar-refractivity contribution is -0.173. The summed E-state index contributed by atoms with van der Waals surface area (Å²) >= 11 is 0. The first-order valence-electron chi connectivity index (χ1n) is 9.52. The van der Waals surface area contributed by atoms with Gasteiger partial charge in [-0.15, -0.1) is 12.4 Å². The molecule has 1 aliphatic heterocycles. The van der Waals surface area contributed by atoms with Gasteiger partial charge in [0.05, 0.1) is 0 Å².